The normalized spacial score (nSPS) is 15.2. The van der Waals surface area contributed by atoms with Crippen LogP contribution in [0.5, 0.6) is 0 Å². The molecule has 0 aromatic heterocycles. The lowest BCUT2D eigenvalue weighted by atomic mass is 10.3. The summed E-state index contributed by atoms with van der Waals surface area (Å²) in [6, 6.07) is 0. The molecule has 0 fully saturated rings. The highest BCUT2D eigenvalue weighted by Crippen LogP contribution is 2.28. The molecule has 0 aromatic rings. The Balaban J connectivity index is 4.06. The van der Waals surface area contributed by atoms with Crippen molar-refractivity contribution >= 4 is 40.6 Å². The molecule has 1 atom stereocenters. The predicted molar refractivity (Wildman–Crippen MR) is 37.0 cm³/mol. The average Bonchev–Trinajstić information content (AvgIpc) is 1.62. The summed E-state index contributed by atoms with van der Waals surface area (Å²) < 4.78 is -1.99. The van der Waals surface area contributed by atoms with Gasteiger partial charge in [0.2, 0.25) is 5.78 Å². The van der Waals surface area contributed by atoms with Crippen LogP contribution in [-0.2, 0) is 4.79 Å². The average molecular weight is 191 g/mol. The van der Waals surface area contributed by atoms with Gasteiger partial charge in [0.25, 0.3) is 3.79 Å². The first-order chi connectivity index (χ1) is 3.85. The number of halogens is 3. The molecule has 9 heavy (non-hydrogen) atoms. The number of hydrogen-bond acceptors (Lipinski definition) is 2. The van der Waals surface area contributed by atoms with Crippen LogP contribution in [0.15, 0.2) is 0 Å². The van der Waals surface area contributed by atoms with Crippen molar-refractivity contribution in [2.45, 2.75) is 16.8 Å². The van der Waals surface area contributed by atoms with Gasteiger partial charge in [-0.05, 0) is 6.92 Å². The van der Waals surface area contributed by atoms with Gasteiger partial charge in [0, 0.05) is 0 Å². The van der Waals surface area contributed by atoms with Gasteiger partial charge in [0.15, 0.2) is 0 Å². The molecule has 0 saturated heterocycles. The van der Waals surface area contributed by atoms with Gasteiger partial charge in [-0.25, -0.2) is 0 Å². The smallest absolute Gasteiger partial charge is 0.251 e. The van der Waals surface area contributed by atoms with Gasteiger partial charge in [-0.2, -0.15) is 0 Å². The van der Waals surface area contributed by atoms with E-state index < -0.39 is 15.7 Å². The van der Waals surface area contributed by atoms with Crippen LogP contribution < -0.4 is 0 Å². The fraction of sp³-hybridized carbons (Fsp3) is 0.750. The largest absolute Gasteiger partial charge is 0.385 e. The lowest BCUT2D eigenvalue weighted by Crippen LogP contribution is -2.29. The van der Waals surface area contributed by atoms with Gasteiger partial charge in [0.1, 0.15) is 6.10 Å². The molecule has 1 unspecified atom stereocenters. The SMILES string of the molecule is CC(O)C(=O)C(Cl)(Cl)Cl. The minimum atomic E-state index is -1.99. The van der Waals surface area contributed by atoms with Gasteiger partial charge in [0.05, 0.1) is 0 Å². The highest BCUT2D eigenvalue weighted by molar-refractivity contribution is 6.76. The Labute approximate surface area is 67.7 Å². The van der Waals surface area contributed by atoms with Crippen LogP contribution in [0.3, 0.4) is 0 Å². The zero-order valence-electron chi connectivity index (χ0n) is 4.57. The Hall–Kier alpha value is 0.500. The third-order valence-corrected chi connectivity index (χ3v) is 1.22. The summed E-state index contributed by atoms with van der Waals surface area (Å²) in [6.07, 6.45) is -1.22. The van der Waals surface area contributed by atoms with Crippen molar-refractivity contribution in [2.24, 2.45) is 0 Å². The highest BCUT2D eigenvalue weighted by atomic mass is 35.6. The molecular formula is C4H5Cl3O2. The zero-order valence-corrected chi connectivity index (χ0v) is 6.83. The van der Waals surface area contributed by atoms with E-state index in [4.69, 9.17) is 39.9 Å². The van der Waals surface area contributed by atoms with E-state index in [0.717, 1.165) is 0 Å². The summed E-state index contributed by atoms with van der Waals surface area (Å²) >= 11 is 15.3. The molecule has 1 N–H and O–H groups in total. The van der Waals surface area contributed by atoms with Crippen molar-refractivity contribution in [1.29, 1.82) is 0 Å². The van der Waals surface area contributed by atoms with Crippen molar-refractivity contribution in [1.82, 2.24) is 0 Å². The lowest BCUT2D eigenvalue weighted by molar-refractivity contribution is -0.125. The van der Waals surface area contributed by atoms with Crippen LogP contribution in [0.1, 0.15) is 6.92 Å². The fourth-order valence-corrected chi connectivity index (χ4v) is 0.711. The van der Waals surface area contributed by atoms with E-state index in [9.17, 15) is 4.79 Å². The second kappa shape index (κ2) is 3.06. The Morgan fingerprint density at radius 2 is 1.89 bits per heavy atom. The van der Waals surface area contributed by atoms with Crippen LogP contribution in [-0.4, -0.2) is 20.8 Å². The molecule has 0 heterocycles. The summed E-state index contributed by atoms with van der Waals surface area (Å²) in [5, 5.41) is 8.55. The molecule has 2 nitrogen and oxygen atoms in total. The van der Waals surface area contributed by atoms with Crippen molar-refractivity contribution in [3.8, 4) is 0 Å². The number of aliphatic hydroxyl groups excluding tert-OH is 1. The number of ketones is 1. The maximum atomic E-state index is 10.5. The third kappa shape index (κ3) is 3.26. The van der Waals surface area contributed by atoms with Gasteiger partial charge >= 0.3 is 0 Å². The van der Waals surface area contributed by atoms with E-state index in [0.29, 0.717) is 0 Å². The molecular weight excluding hydrogens is 186 g/mol. The second-order valence-electron chi connectivity index (χ2n) is 1.54. The Morgan fingerprint density at radius 1 is 1.56 bits per heavy atom. The van der Waals surface area contributed by atoms with E-state index in [1.807, 2.05) is 0 Å². The molecule has 0 aromatic carbocycles. The number of aliphatic hydroxyl groups is 1. The van der Waals surface area contributed by atoms with Crippen molar-refractivity contribution in [2.75, 3.05) is 0 Å². The molecule has 54 valence electrons. The summed E-state index contributed by atoms with van der Waals surface area (Å²) in [7, 11) is 0. The number of hydrogen-bond donors (Lipinski definition) is 1. The van der Waals surface area contributed by atoms with Crippen molar-refractivity contribution in [3.63, 3.8) is 0 Å². The van der Waals surface area contributed by atoms with E-state index in [-0.39, 0.29) is 0 Å². The third-order valence-electron chi connectivity index (χ3n) is 0.659. The Bertz CT molecular complexity index is 115. The number of carbonyl (C=O) groups is 1. The van der Waals surface area contributed by atoms with E-state index in [1.54, 1.807) is 0 Å². The van der Waals surface area contributed by atoms with E-state index in [2.05, 4.69) is 0 Å². The second-order valence-corrected chi connectivity index (χ2v) is 3.82. The summed E-state index contributed by atoms with van der Waals surface area (Å²) in [4.78, 5) is 10.5. The van der Waals surface area contributed by atoms with Gasteiger partial charge < -0.3 is 5.11 Å². The minimum absolute atomic E-state index is 0.812. The monoisotopic (exact) mass is 190 g/mol. The minimum Gasteiger partial charge on any atom is -0.385 e. The number of rotatable bonds is 1. The molecule has 0 rings (SSSR count). The molecule has 0 radical (unpaired) electrons. The van der Waals surface area contributed by atoms with E-state index >= 15 is 0 Å². The van der Waals surface area contributed by atoms with Crippen LogP contribution >= 0.6 is 34.8 Å². The van der Waals surface area contributed by atoms with Gasteiger partial charge in [-0.1, -0.05) is 34.8 Å². The maximum absolute atomic E-state index is 10.5. The summed E-state index contributed by atoms with van der Waals surface area (Å²) in [5.41, 5.74) is 0. The van der Waals surface area contributed by atoms with Crippen LogP contribution in [0.2, 0.25) is 0 Å². The Kier molecular flexibility index (Phi) is 3.23. The topological polar surface area (TPSA) is 37.3 Å². The molecule has 0 bridgehead atoms. The standard InChI is InChI=1S/C4H5Cl3O2/c1-2(8)3(9)4(5,6)7/h2,8H,1H3. The van der Waals surface area contributed by atoms with Gasteiger partial charge in [-0.3, -0.25) is 4.79 Å². The molecule has 0 aliphatic carbocycles. The van der Waals surface area contributed by atoms with Crippen LogP contribution in [0.25, 0.3) is 0 Å². The molecule has 0 aliphatic heterocycles. The molecule has 0 aliphatic rings. The van der Waals surface area contributed by atoms with Crippen LogP contribution in [0.4, 0.5) is 0 Å². The quantitative estimate of drug-likeness (QED) is 0.635. The molecule has 5 heteroatoms. The van der Waals surface area contributed by atoms with Crippen molar-refractivity contribution in [3.05, 3.63) is 0 Å². The highest BCUT2D eigenvalue weighted by Gasteiger charge is 2.33. The summed E-state index contributed by atoms with van der Waals surface area (Å²) in [5.74, 6) is -0.812. The molecule has 0 spiro atoms. The fourth-order valence-electron chi connectivity index (χ4n) is 0.237. The number of alkyl halides is 3. The number of carbonyl (C=O) groups excluding carboxylic acids is 1. The number of Topliss-reactive ketones (excluding diaryl/α,β-unsaturated/α-hetero) is 1. The lowest BCUT2D eigenvalue weighted by Gasteiger charge is -2.10. The first-order valence-corrected chi connectivity index (χ1v) is 3.28. The zero-order chi connectivity index (χ0) is 7.65. The molecule has 0 amide bonds. The first kappa shape index (κ1) is 9.50. The van der Waals surface area contributed by atoms with Crippen molar-refractivity contribution < 1.29 is 9.90 Å². The Morgan fingerprint density at radius 3 is 1.89 bits per heavy atom. The van der Waals surface area contributed by atoms with E-state index in [1.165, 1.54) is 6.92 Å². The predicted octanol–water partition coefficient (Wildman–Crippen LogP) is 1.31. The molecule has 0 saturated carbocycles. The summed E-state index contributed by atoms with van der Waals surface area (Å²) in [6.45, 7) is 1.24. The first-order valence-electron chi connectivity index (χ1n) is 2.15. The van der Waals surface area contributed by atoms with Crippen LogP contribution in [0, 0.1) is 0 Å². The maximum Gasteiger partial charge on any atom is 0.251 e. The van der Waals surface area contributed by atoms with Gasteiger partial charge in [-0.15, -0.1) is 0 Å².